The van der Waals surface area contributed by atoms with Crippen LogP contribution in [0.1, 0.15) is 64.4 Å². The molecule has 1 aromatic rings. The molecule has 0 bridgehead atoms. The molecule has 1 aromatic carbocycles. The quantitative estimate of drug-likeness (QED) is 0.499. The molecule has 0 amide bonds. The first kappa shape index (κ1) is 20.0. The smallest absolute Gasteiger partial charge is 0.0809 e. The van der Waals surface area contributed by atoms with Gasteiger partial charge in [0.1, 0.15) is 0 Å². The Morgan fingerprint density at radius 1 is 1.00 bits per heavy atom. The highest BCUT2D eigenvalue weighted by Gasteiger charge is 2.59. The monoisotopic (exact) mass is 456 g/mol. The molecule has 4 aliphatic rings. The van der Waals surface area contributed by atoms with Gasteiger partial charge in [0.15, 0.2) is 0 Å². The molecule has 3 heteroatoms. The maximum absolute atomic E-state index is 11.4. The van der Waals surface area contributed by atoms with Gasteiger partial charge in [0, 0.05) is 9.89 Å². The van der Waals surface area contributed by atoms with Crippen molar-refractivity contribution in [2.24, 2.45) is 28.6 Å². The molecule has 3 fully saturated rings. The van der Waals surface area contributed by atoms with Crippen LogP contribution in [0, 0.1) is 28.6 Å². The molecule has 3 saturated carbocycles. The van der Waals surface area contributed by atoms with E-state index in [-0.39, 0.29) is 23.0 Å². The highest BCUT2D eigenvalue weighted by molar-refractivity contribution is 9.10. The summed E-state index contributed by atoms with van der Waals surface area (Å²) in [6, 6.07) is 8.40. The Bertz CT molecular complexity index is 856. The Kier molecular flexibility index (Phi) is 4.88. The number of hydrogen-bond donors (Lipinski definition) is 2. The lowest BCUT2D eigenvalue weighted by Crippen LogP contribution is -2.51. The van der Waals surface area contributed by atoms with E-state index in [9.17, 15) is 10.2 Å². The van der Waals surface area contributed by atoms with Gasteiger partial charge < -0.3 is 10.2 Å². The molecule has 4 aliphatic carbocycles. The van der Waals surface area contributed by atoms with E-state index in [1.807, 2.05) is 0 Å². The fourth-order valence-corrected chi connectivity index (χ4v) is 7.68. The van der Waals surface area contributed by atoms with Crippen LogP contribution in [-0.2, 0) is 0 Å². The van der Waals surface area contributed by atoms with Crippen LogP contribution in [0.3, 0.4) is 0 Å². The van der Waals surface area contributed by atoms with E-state index in [2.05, 4.69) is 66.2 Å². The van der Waals surface area contributed by atoms with Crippen LogP contribution in [0.25, 0.3) is 6.08 Å². The predicted molar refractivity (Wildman–Crippen MR) is 121 cm³/mol. The van der Waals surface area contributed by atoms with Crippen molar-refractivity contribution in [1.82, 2.24) is 0 Å². The first-order valence-electron chi connectivity index (χ1n) is 11.3. The van der Waals surface area contributed by atoms with Crippen LogP contribution in [0.2, 0.25) is 0 Å². The van der Waals surface area contributed by atoms with Crippen molar-refractivity contribution >= 4 is 22.0 Å². The molecule has 0 saturated heterocycles. The summed E-state index contributed by atoms with van der Waals surface area (Å²) >= 11 is 3.51. The zero-order chi connectivity index (χ0) is 20.4. The van der Waals surface area contributed by atoms with E-state index in [0.717, 1.165) is 43.0 Å². The van der Waals surface area contributed by atoms with Gasteiger partial charge in [0.25, 0.3) is 0 Å². The minimum atomic E-state index is -0.330. The van der Waals surface area contributed by atoms with Crippen molar-refractivity contribution in [3.8, 4) is 0 Å². The van der Waals surface area contributed by atoms with Gasteiger partial charge in [-0.15, -0.1) is 0 Å². The third-order valence-corrected chi connectivity index (χ3v) is 9.70. The van der Waals surface area contributed by atoms with E-state index in [4.69, 9.17) is 0 Å². The average molecular weight is 457 g/mol. The predicted octanol–water partition coefficient (Wildman–Crippen LogP) is 6.13. The summed E-state index contributed by atoms with van der Waals surface area (Å²) < 4.78 is 1.09. The van der Waals surface area contributed by atoms with Crippen LogP contribution in [0.4, 0.5) is 0 Å². The molecule has 29 heavy (non-hydrogen) atoms. The number of allylic oxidation sites excluding steroid dienone is 1. The summed E-state index contributed by atoms with van der Waals surface area (Å²) in [5.74, 6) is 1.91. The molecule has 0 radical (unpaired) electrons. The number of aliphatic hydroxyl groups excluding tert-OH is 2. The van der Waals surface area contributed by atoms with Crippen LogP contribution in [0.5, 0.6) is 0 Å². The Hall–Kier alpha value is -0.900. The third kappa shape index (κ3) is 3.11. The second-order valence-corrected chi connectivity index (χ2v) is 11.5. The molecular weight excluding hydrogens is 424 g/mol. The summed E-state index contributed by atoms with van der Waals surface area (Å²) in [5.41, 5.74) is 4.18. The van der Waals surface area contributed by atoms with Crippen molar-refractivity contribution in [3.63, 3.8) is 0 Å². The lowest BCUT2D eigenvalue weighted by atomic mass is 9.48. The van der Waals surface area contributed by atoms with E-state index < -0.39 is 0 Å². The van der Waals surface area contributed by atoms with Gasteiger partial charge in [0.2, 0.25) is 0 Å². The van der Waals surface area contributed by atoms with Crippen LogP contribution in [0.15, 0.2) is 46.0 Å². The zero-order valence-electron chi connectivity index (χ0n) is 17.6. The maximum Gasteiger partial charge on any atom is 0.0809 e. The Labute approximate surface area is 183 Å². The first-order chi connectivity index (χ1) is 13.8. The Morgan fingerprint density at radius 2 is 1.76 bits per heavy atom. The number of rotatable bonds is 1. The molecule has 156 valence electrons. The third-order valence-electron chi connectivity index (χ3n) is 9.17. The Balaban J connectivity index is 1.46. The van der Waals surface area contributed by atoms with Gasteiger partial charge in [-0.25, -0.2) is 0 Å². The van der Waals surface area contributed by atoms with E-state index in [1.54, 1.807) is 0 Å². The molecule has 0 aliphatic heterocycles. The van der Waals surface area contributed by atoms with Crippen molar-refractivity contribution in [2.45, 2.75) is 71.0 Å². The number of halogens is 1. The van der Waals surface area contributed by atoms with Crippen LogP contribution < -0.4 is 0 Å². The summed E-state index contributed by atoms with van der Waals surface area (Å²) in [6.07, 6.45) is 11.6. The van der Waals surface area contributed by atoms with Crippen LogP contribution in [-0.4, -0.2) is 22.4 Å². The minimum Gasteiger partial charge on any atom is -0.393 e. The molecule has 0 aromatic heterocycles. The maximum atomic E-state index is 11.4. The van der Waals surface area contributed by atoms with E-state index >= 15 is 0 Å². The van der Waals surface area contributed by atoms with Gasteiger partial charge in [-0.3, -0.25) is 0 Å². The number of aliphatic hydroxyl groups is 2. The fraction of sp³-hybridized carbons (Fsp3) is 0.615. The molecule has 2 N–H and O–H groups in total. The lowest BCUT2D eigenvalue weighted by Gasteiger charge is -2.57. The van der Waals surface area contributed by atoms with E-state index in [0.29, 0.717) is 17.8 Å². The molecule has 0 unspecified atom stereocenters. The van der Waals surface area contributed by atoms with Crippen molar-refractivity contribution in [3.05, 3.63) is 51.5 Å². The Morgan fingerprint density at radius 3 is 2.52 bits per heavy atom. The van der Waals surface area contributed by atoms with Gasteiger partial charge in [-0.05, 0) is 91.4 Å². The highest BCUT2D eigenvalue weighted by Crippen LogP contribution is 2.65. The van der Waals surface area contributed by atoms with Crippen molar-refractivity contribution in [1.29, 1.82) is 0 Å². The highest BCUT2D eigenvalue weighted by atomic mass is 79.9. The normalized spacial score (nSPS) is 45.3. The van der Waals surface area contributed by atoms with Crippen molar-refractivity contribution < 1.29 is 10.2 Å². The molecule has 2 nitrogen and oxygen atoms in total. The average Bonchev–Trinajstić information content (AvgIpc) is 2.95. The topological polar surface area (TPSA) is 40.5 Å². The van der Waals surface area contributed by atoms with Gasteiger partial charge in [-0.1, -0.05) is 59.6 Å². The first-order valence-corrected chi connectivity index (χ1v) is 12.1. The second kappa shape index (κ2) is 7.07. The SMILES string of the molecule is C[C@@]12CC[C@@H]3[C@H](CC=C4C[C@@H](O)CC[C@@]43C)[C@H]1C/C(=C/c1ccc(Br)cc1)[C@H]2O. The van der Waals surface area contributed by atoms with Gasteiger partial charge >= 0.3 is 0 Å². The summed E-state index contributed by atoms with van der Waals surface area (Å²) in [6.45, 7) is 4.81. The van der Waals surface area contributed by atoms with Crippen molar-refractivity contribution in [2.75, 3.05) is 0 Å². The largest absolute Gasteiger partial charge is 0.393 e. The van der Waals surface area contributed by atoms with Crippen LogP contribution >= 0.6 is 15.9 Å². The second-order valence-electron chi connectivity index (χ2n) is 10.6. The zero-order valence-corrected chi connectivity index (χ0v) is 19.2. The van der Waals surface area contributed by atoms with E-state index in [1.165, 1.54) is 23.1 Å². The van der Waals surface area contributed by atoms with Gasteiger partial charge in [-0.2, -0.15) is 0 Å². The fourth-order valence-electron chi connectivity index (χ4n) is 7.41. The summed E-state index contributed by atoms with van der Waals surface area (Å²) in [4.78, 5) is 0. The summed E-state index contributed by atoms with van der Waals surface area (Å²) in [5, 5.41) is 21.5. The molecular formula is C26H33BrO2. The standard InChI is InChI=1S/C26H33BrO2/c1-25-11-9-20(28)15-18(25)5-8-21-22(25)10-12-26(2)23(21)14-17(24(26)29)13-16-3-6-19(27)7-4-16/h3-7,13,20-24,28-29H,8-12,14-15H2,1-2H3/b17-13-/t20-,21-,22+,23+,24+,25-,26+/m0/s1. The molecule has 7 atom stereocenters. The molecule has 0 spiro atoms. The van der Waals surface area contributed by atoms with Gasteiger partial charge in [0.05, 0.1) is 12.2 Å². The molecule has 0 heterocycles. The number of benzene rings is 1. The lowest BCUT2D eigenvalue weighted by molar-refractivity contribution is -0.0685. The number of fused-ring (bicyclic) bond motifs is 5. The minimum absolute atomic E-state index is 0.00174. The summed E-state index contributed by atoms with van der Waals surface area (Å²) in [7, 11) is 0. The number of hydrogen-bond acceptors (Lipinski definition) is 2. The molecule has 5 rings (SSSR count).